The average molecular weight is 284 g/mol. The van der Waals surface area contributed by atoms with Crippen LogP contribution in [0.4, 0.5) is 0 Å². The minimum atomic E-state index is -1.19. The van der Waals surface area contributed by atoms with Gasteiger partial charge < -0.3 is 15.2 Å². The molecule has 0 spiro atoms. The van der Waals surface area contributed by atoms with Gasteiger partial charge in [-0.15, -0.1) is 5.10 Å². The second-order valence-electron chi connectivity index (χ2n) is 3.99. The van der Waals surface area contributed by atoms with E-state index in [2.05, 4.69) is 20.4 Å². The third-order valence-corrected chi connectivity index (χ3v) is 2.54. The van der Waals surface area contributed by atoms with Crippen LogP contribution in [0.2, 0.25) is 0 Å². The second-order valence-corrected chi connectivity index (χ2v) is 3.99. The third kappa shape index (κ3) is 5.46. The van der Waals surface area contributed by atoms with Gasteiger partial charge in [0, 0.05) is 19.0 Å². The number of methoxy groups -OCH3 is 1. The number of hydrogen-bond donors (Lipinski definition) is 2. The fourth-order valence-corrected chi connectivity index (χ4v) is 1.46. The molecule has 1 rings (SSSR count). The van der Waals surface area contributed by atoms with E-state index < -0.39 is 23.9 Å². The second kappa shape index (κ2) is 7.87. The van der Waals surface area contributed by atoms with Gasteiger partial charge in [0.2, 0.25) is 5.91 Å². The number of rotatable bonds is 8. The van der Waals surface area contributed by atoms with Gasteiger partial charge in [0.1, 0.15) is 6.04 Å². The first kappa shape index (κ1) is 15.6. The highest BCUT2D eigenvalue weighted by Crippen LogP contribution is 2.00. The van der Waals surface area contributed by atoms with Gasteiger partial charge >= 0.3 is 11.9 Å². The molecule has 9 nitrogen and oxygen atoms in total. The van der Waals surface area contributed by atoms with Crippen LogP contribution in [0.1, 0.15) is 19.3 Å². The molecule has 0 fully saturated rings. The molecule has 1 atom stereocenters. The van der Waals surface area contributed by atoms with Crippen LogP contribution in [0.15, 0.2) is 12.4 Å². The molecule has 1 aromatic rings. The number of carboxylic acid groups (broad SMARTS) is 1. The van der Waals surface area contributed by atoms with E-state index in [1.165, 1.54) is 18.0 Å². The normalized spacial score (nSPS) is 11.7. The molecule has 0 saturated carbocycles. The molecule has 0 aliphatic rings. The van der Waals surface area contributed by atoms with Crippen LogP contribution in [0.3, 0.4) is 0 Å². The van der Waals surface area contributed by atoms with Gasteiger partial charge in [-0.25, -0.2) is 4.79 Å². The molecule has 20 heavy (non-hydrogen) atoms. The first-order valence-corrected chi connectivity index (χ1v) is 5.96. The number of aryl methyl sites for hydroxylation is 1. The Morgan fingerprint density at radius 1 is 1.40 bits per heavy atom. The van der Waals surface area contributed by atoms with Crippen molar-refractivity contribution in [3.63, 3.8) is 0 Å². The lowest BCUT2D eigenvalue weighted by Gasteiger charge is -2.13. The van der Waals surface area contributed by atoms with Crippen LogP contribution in [-0.2, 0) is 25.7 Å². The topological polar surface area (TPSA) is 123 Å². The molecule has 110 valence electrons. The number of hydrogen-bond acceptors (Lipinski definition) is 6. The zero-order valence-electron chi connectivity index (χ0n) is 11.0. The Labute approximate surface area is 114 Å². The van der Waals surface area contributed by atoms with E-state index in [-0.39, 0.29) is 19.3 Å². The summed E-state index contributed by atoms with van der Waals surface area (Å²) in [6, 6.07) is -1.11. The third-order valence-electron chi connectivity index (χ3n) is 2.54. The number of aromatic nitrogens is 3. The lowest BCUT2D eigenvalue weighted by atomic mass is 10.1. The van der Waals surface area contributed by atoms with Gasteiger partial charge in [0.15, 0.2) is 0 Å². The van der Waals surface area contributed by atoms with Gasteiger partial charge in [-0.05, 0) is 6.42 Å². The van der Waals surface area contributed by atoms with Crippen molar-refractivity contribution in [2.45, 2.75) is 31.8 Å². The molecule has 1 heterocycles. The number of aliphatic carboxylic acids is 1. The number of nitrogens with zero attached hydrogens (tertiary/aromatic N) is 3. The van der Waals surface area contributed by atoms with E-state index in [1.807, 2.05) is 0 Å². The van der Waals surface area contributed by atoms with Crippen molar-refractivity contribution in [1.29, 1.82) is 0 Å². The molecule has 1 aromatic heterocycles. The first-order valence-electron chi connectivity index (χ1n) is 5.96. The zero-order chi connectivity index (χ0) is 15.0. The Morgan fingerprint density at radius 2 is 2.15 bits per heavy atom. The van der Waals surface area contributed by atoms with E-state index in [9.17, 15) is 14.4 Å². The van der Waals surface area contributed by atoms with Crippen molar-refractivity contribution in [1.82, 2.24) is 20.3 Å². The fraction of sp³-hybridized carbons (Fsp3) is 0.545. The van der Waals surface area contributed by atoms with Gasteiger partial charge in [-0.1, -0.05) is 5.21 Å². The molecule has 9 heteroatoms. The van der Waals surface area contributed by atoms with Crippen LogP contribution < -0.4 is 5.32 Å². The van der Waals surface area contributed by atoms with Gasteiger partial charge in [-0.3, -0.25) is 14.3 Å². The Bertz CT molecular complexity index is 459. The summed E-state index contributed by atoms with van der Waals surface area (Å²) < 4.78 is 5.88. The maximum Gasteiger partial charge on any atom is 0.326 e. The maximum atomic E-state index is 11.6. The van der Waals surface area contributed by atoms with Crippen molar-refractivity contribution in [2.75, 3.05) is 7.11 Å². The summed E-state index contributed by atoms with van der Waals surface area (Å²) in [6.07, 6.45) is 3.06. The Kier molecular flexibility index (Phi) is 6.14. The van der Waals surface area contributed by atoms with Crippen molar-refractivity contribution >= 4 is 17.8 Å². The fourth-order valence-electron chi connectivity index (χ4n) is 1.46. The van der Waals surface area contributed by atoms with Crippen LogP contribution >= 0.6 is 0 Å². The summed E-state index contributed by atoms with van der Waals surface area (Å²) in [7, 11) is 1.22. The molecule has 0 aromatic carbocycles. The molecule has 0 saturated heterocycles. The first-order chi connectivity index (χ1) is 9.52. The number of esters is 1. The molecular formula is C11H16N4O5. The summed E-state index contributed by atoms with van der Waals surface area (Å²) in [5, 5.41) is 18.6. The molecule has 0 bridgehead atoms. The zero-order valence-corrected chi connectivity index (χ0v) is 11.0. The number of amides is 1. The van der Waals surface area contributed by atoms with Gasteiger partial charge in [0.25, 0.3) is 0 Å². The summed E-state index contributed by atoms with van der Waals surface area (Å²) in [6.45, 7) is 0.301. The number of carbonyl (C=O) groups excluding carboxylic acids is 2. The quantitative estimate of drug-likeness (QED) is 0.598. The van der Waals surface area contributed by atoms with Crippen molar-refractivity contribution < 1.29 is 24.2 Å². The molecule has 0 aliphatic heterocycles. The monoisotopic (exact) mass is 284 g/mol. The predicted molar refractivity (Wildman–Crippen MR) is 65.5 cm³/mol. The average Bonchev–Trinajstić information content (AvgIpc) is 2.93. The maximum absolute atomic E-state index is 11.6. The van der Waals surface area contributed by atoms with Crippen LogP contribution in [0.25, 0.3) is 0 Å². The lowest BCUT2D eigenvalue weighted by Crippen LogP contribution is -2.41. The molecule has 2 N–H and O–H groups in total. The Hall–Kier alpha value is -2.45. The highest BCUT2D eigenvalue weighted by atomic mass is 16.5. The van der Waals surface area contributed by atoms with Crippen LogP contribution in [-0.4, -0.2) is 51.1 Å². The van der Waals surface area contributed by atoms with E-state index >= 15 is 0 Å². The highest BCUT2D eigenvalue weighted by molar-refractivity contribution is 5.83. The number of nitrogens with one attached hydrogen (secondary N) is 1. The molecular weight excluding hydrogens is 268 g/mol. The van der Waals surface area contributed by atoms with Crippen LogP contribution in [0, 0.1) is 0 Å². The van der Waals surface area contributed by atoms with Gasteiger partial charge in [0.05, 0.1) is 19.9 Å². The molecule has 1 amide bonds. The summed E-state index contributed by atoms with van der Waals surface area (Å²) in [4.78, 5) is 33.5. The van der Waals surface area contributed by atoms with Gasteiger partial charge in [-0.2, -0.15) is 0 Å². The minimum Gasteiger partial charge on any atom is -0.480 e. The summed E-state index contributed by atoms with van der Waals surface area (Å²) in [5.41, 5.74) is 0. The van der Waals surface area contributed by atoms with E-state index in [4.69, 9.17) is 5.11 Å². The van der Waals surface area contributed by atoms with E-state index in [1.54, 1.807) is 6.20 Å². The summed E-state index contributed by atoms with van der Waals surface area (Å²) >= 11 is 0. The molecule has 0 unspecified atom stereocenters. The number of carboxylic acids is 1. The van der Waals surface area contributed by atoms with E-state index in [0.29, 0.717) is 6.54 Å². The standard InChI is InChI=1S/C11H16N4O5/c1-20-10(17)3-2-8(11(18)19)13-9(16)4-6-15-7-5-12-14-15/h5,7-8H,2-4,6H2,1H3,(H,13,16)(H,18,19)/t8-/m1/s1. The molecule has 0 aliphatic carbocycles. The van der Waals surface area contributed by atoms with E-state index in [0.717, 1.165) is 0 Å². The molecule has 0 radical (unpaired) electrons. The predicted octanol–water partition coefficient (Wildman–Crippen LogP) is -0.809. The number of carbonyl (C=O) groups is 3. The highest BCUT2D eigenvalue weighted by Gasteiger charge is 2.21. The smallest absolute Gasteiger partial charge is 0.326 e. The van der Waals surface area contributed by atoms with Crippen molar-refractivity contribution in [3.05, 3.63) is 12.4 Å². The van der Waals surface area contributed by atoms with Crippen LogP contribution in [0.5, 0.6) is 0 Å². The minimum absolute atomic E-state index is 0.0168. The SMILES string of the molecule is COC(=O)CC[C@@H](NC(=O)CCn1ccnn1)C(=O)O. The lowest BCUT2D eigenvalue weighted by molar-refractivity contribution is -0.144. The summed E-state index contributed by atoms with van der Waals surface area (Å²) in [5.74, 6) is -2.14. The largest absolute Gasteiger partial charge is 0.480 e. The number of ether oxygens (including phenoxy) is 1. The Morgan fingerprint density at radius 3 is 2.70 bits per heavy atom. The Balaban J connectivity index is 2.38. The van der Waals surface area contributed by atoms with Crippen molar-refractivity contribution in [2.24, 2.45) is 0 Å². The van der Waals surface area contributed by atoms with Crippen molar-refractivity contribution in [3.8, 4) is 0 Å².